The summed E-state index contributed by atoms with van der Waals surface area (Å²) < 4.78 is 5.90. The van der Waals surface area contributed by atoms with Crippen LogP contribution in [0.3, 0.4) is 0 Å². The van der Waals surface area contributed by atoms with Gasteiger partial charge in [-0.2, -0.15) is 5.10 Å². The highest BCUT2D eigenvalue weighted by Gasteiger charge is 2.21. The molecular formula is C20H23N3O2. The number of hydroxylamine groups is 1. The quantitative estimate of drug-likeness (QED) is 0.497. The molecule has 2 aromatic rings. The summed E-state index contributed by atoms with van der Waals surface area (Å²) in [5.41, 5.74) is 3.19. The van der Waals surface area contributed by atoms with Crippen LogP contribution in [-0.4, -0.2) is 18.9 Å². The van der Waals surface area contributed by atoms with Gasteiger partial charge in [0.25, 0.3) is 0 Å². The average Bonchev–Trinajstić information content (AvgIpc) is 2.95. The third-order valence-electron chi connectivity index (χ3n) is 4.02. The molecule has 0 bridgehead atoms. The topological polar surface area (TPSA) is 60.1 Å². The van der Waals surface area contributed by atoms with Gasteiger partial charge in [0.2, 0.25) is 0 Å². The van der Waals surface area contributed by atoms with Crippen LogP contribution in [0.4, 0.5) is 5.69 Å². The van der Waals surface area contributed by atoms with Gasteiger partial charge in [-0.25, -0.2) is 5.06 Å². The Morgan fingerprint density at radius 3 is 2.72 bits per heavy atom. The summed E-state index contributed by atoms with van der Waals surface area (Å²) >= 11 is 0. The Hall–Kier alpha value is -2.95. The molecule has 0 radical (unpaired) electrons. The third kappa shape index (κ3) is 4.32. The molecule has 5 heteroatoms. The van der Waals surface area contributed by atoms with E-state index in [9.17, 15) is 0 Å². The Morgan fingerprint density at radius 2 is 2.04 bits per heavy atom. The van der Waals surface area contributed by atoms with Crippen LogP contribution < -0.4 is 15.6 Å². The Bertz CT molecular complexity index is 769. The highest BCUT2D eigenvalue weighted by atomic mass is 16.7. The minimum Gasteiger partial charge on any atom is -0.493 e. The molecule has 0 aliphatic carbocycles. The van der Waals surface area contributed by atoms with Crippen LogP contribution in [0.15, 0.2) is 65.5 Å². The number of hydrazone groups is 1. The number of rotatable bonds is 6. The lowest BCUT2D eigenvalue weighted by Gasteiger charge is -2.23. The predicted octanol–water partition coefficient (Wildman–Crippen LogP) is 3.64. The zero-order chi connectivity index (χ0) is 17.6. The number of benzene rings is 2. The molecule has 130 valence electrons. The molecule has 2 N–H and O–H groups in total. The van der Waals surface area contributed by atoms with Crippen molar-refractivity contribution in [1.82, 2.24) is 0 Å². The van der Waals surface area contributed by atoms with Crippen molar-refractivity contribution in [1.29, 1.82) is 0 Å². The van der Waals surface area contributed by atoms with E-state index in [1.165, 1.54) is 5.56 Å². The van der Waals surface area contributed by atoms with Crippen molar-refractivity contribution >= 4 is 11.9 Å². The van der Waals surface area contributed by atoms with Crippen molar-refractivity contribution in [2.75, 3.05) is 11.7 Å². The van der Waals surface area contributed by atoms with Gasteiger partial charge >= 0.3 is 0 Å². The maximum Gasteiger partial charge on any atom is 0.127 e. The summed E-state index contributed by atoms with van der Waals surface area (Å²) in [7, 11) is 0. The smallest absolute Gasteiger partial charge is 0.127 e. The molecule has 0 spiro atoms. The van der Waals surface area contributed by atoms with Crippen molar-refractivity contribution in [2.45, 2.75) is 26.3 Å². The maximum absolute atomic E-state index is 5.90. The Balaban J connectivity index is 1.56. The molecule has 0 saturated carbocycles. The highest BCUT2D eigenvalue weighted by molar-refractivity contribution is 5.79. The van der Waals surface area contributed by atoms with E-state index in [0.717, 1.165) is 29.2 Å². The lowest BCUT2D eigenvalue weighted by molar-refractivity contribution is 0.198. The van der Waals surface area contributed by atoms with Gasteiger partial charge < -0.3 is 15.4 Å². The normalized spacial score (nSPS) is 16.8. The lowest BCUT2D eigenvalue weighted by atomic mass is 10.1. The number of ether oxygens (including phenoxy) is 1. The largest absolute Gasteiger partial charge is 0.493 e. The summed E-state index contributed by atoms with van der Waals surface area (Å²) in [6, 6.07) is 16.3. The molecule has 3 rings (SSSR count). The summed E-state index contributed by atoms with van der Waals surface area (Å²) in [4.78, 5) is 5.74. The molecule has 1 aliphatic rings. The molecular weight excluding hydrogens is 314 g/mol. The third-order valence-corrected chi connectivity index (χ3v) is 4.02. The predicted molar refractivity (Wildman–Crippen MR) is 101 cm³/mol. The Kier molecular flexibility index (Phi) is 5.23. The zero-order valence-corrected chi connectivity index (χ0v) is 14.6. The fraction of sp³-hybridized carbons (Fsp3) is 0.250. The van der Waals surface area contributed by atoms with Crippen molar-refractivity contribution < 1.29 is 9.57 Å². The number of hydrogen-bond acceptors (Lipinski definition) is 5. The van der Waals surface area contributed by atoms with E-state index in [4.69, 9.17) is 15.4 Å². The van der Waals surface area contributed by atoms with Gasteiger partial charge in [-0.3, -0.25) is 0 Å². The number of nitrogens with two attached hydrogens (primary N) is 1. The van der Waals surface area contributed by atoms with E-state index in [1.54, 1.807) is 6.21 Å². The van der Waals surface area contributed by atoms with Crippen molar-refractivity contribution in [3.8, 4) is 5.75 Å². The van der Waals surface area contributed by atoms with E-state index < -0.39 is 0 Å². The molecule has 1 aliphatic heterocycles. The first-order valence-electron chi connectivity index (χ1n) is 8.36. The minimum absolute atomic E-state index is 0.214. The molecule has 1 heterocycles. The molecule has 5 nitrogen and oxygen atoms in total. The van der Waals surface area contributed by atoms with Crippen LogP contribution in [-0.2, 0) is 11.3 Å². The first-order chi connectivity index (χ1) is 12.2. The molecule has 2 aromatic carbocycles. The SMILES string of the molecule is CC1=CC(C)N(c2cccc(OCCc3ccc(C=NN)cc3)c2)O1. The molecule has 0 saturated heterocycles. The summed E-state index contributed by atoms with van der Waals surface area (Å²) in [5.74, 6) is 6.91. The average molecular weight is 337 g/mol. The summed E-state index contributed by atoms with van der Waals surface area (Å²) in [6.45, 7) is 4.67. The highest BCUT2D eigenvalue weighted by Crippen LogP contribution is 2.28. The zero-order valence-electron chi connectivity index (χ0n) is 14.6. The second kappa shape index (κ2) is 7.75. The molecule has 0 amide bonds. The first kappa shape index (κ1) is 16.9. The molecule has 0 fully saturated rings. The van der Waals surface area contributed by atoms with Gasteiger partial charge in [0.1, 0.15) is 11.5 Å². The van der Waals surface area contributed by atoms with Crippen LogP contribution in [0.25, 0.3) is 0 Å². The second-order valence-corrected chi connectivity index (χ2v) is 6.05. The standard InChI is InChI=1S/C20H23N3O2/c1-15-12-16(2)25-23(15)19-4-3-5-20(13-19)24-11-10-17-6-8-18(9-7-17)14-22-21/h3-9,12-15H,10-11,21H2,1-2H3. The second-order valence-electron chi connectivity index (χ2n) is 6.05. The van der Waals surface area contributed by atoms with Gasteiger partial charge in [-0.1, -0.05) is 30.3 Å². The van der Waals surface area contributed by atoms with Crippen molar-refractivity contribution in [3.05, 3.63) is 71.5 Å². The van der Waals surface area contributed by atoms with E-state index in [1.807, 2.05) is 48.4 Å². The van der Waals surface area contributed by atoms with E-state index in [2.05, 4.69) is 30.2 Å². The number of nitrogens with zero attached hydrogens (tertiary/aromatic N) is 2. The summed E-state index contributed by atoms with van der Waals surface area (Å²) in [5, 5.41) is 5.41. The van der Waals surface area contributed by atoms with Gasteiger partial charge in [-0.05, 0) is 43.2 Å². The van der Waals surface area contributed by atoms with Gasteiger partial charge in [0, 0.05) is 12.5 Å². The summed E-state index contributed by atoms with van der Waals surface area (Å²) in [6.07, 6.45) is 4.55. The molecule has 25 heavy (non-hydrogen) atoms. The molecule has 1 unspecified atom stereocenters. The van der Waals surface area contributed by atoms with Gasteiger partial charge in [0.05, 0.1) is 24.6 Å². The van der Waals surface area contributed by atoms with Gasteiger partial charge in [-0.15, -0.1) is 0 Å². The molecule has 1 atom stereocenters. The van der Waals surface area contributed by atoms with E-state index in [-0.39, 0.29) is 6.04 Å². The van der Waals surface area contributed by atoms with Crippen LogP contribution >= 0.6 is 0 Å². The minimum atomic E-state index is 0.214. The fourth-order valence-electron chi connectivity index (χ4n) is 2.82. The monoisotopic (exact) mass is 337 g/mol. The lowest BCUT2D eigenvalue weighted by Crippen LogP contribution is -2.25. The Labute approximate surface area is 148 Å². The van der Waals surface area contributed by atoms with E-state index in [0.29, 0.717) is 6.61 Å². The van der Waals surface area contributed by atoms with Crippen LogP contribution in [0.1, 0.15) is 25.0 Å². The van der Waals surface area contributed by atoms with E-state index >= 15 is 0 Å². The number of anilines is 1. The Morgan fingerprint density at radius 1 is 1.24 bits per heavy atom. The number of allylic oxidation sites excluding steroid dienone is 1. The van der Waals surface area contributed by atoms with Crippen molar-refractivity contribution in [3.63, 3.8) is 0 Å². The van der Waals surface area contributed by atoms with Gasteiger partial charge in [0.15, 0.2) is 0 Å². The van der Waals surface area contributed by atoms with Crippen molar-refractivity contribution in [2.24, 2.45) is 10.9 Å². The van der Waals surface area contributed by atoms with Crippen LogP contribution in [0, 0.1) is 0 Å². The maximum atomic E-state index is 5.90. The van der Waals surface area contributed by atoms with Crippen LogP contribution in [0.5, 0.6) is 5.75 Å². The first-order valence-corrected chi connectivity index (χ1v) is 8.36. The van der Waals surface area contributed by atoms with Crippen LogP contribution in [0.2, 0.25) is 0 Å². The molecule has 0 aromatic heterocycles. The fourth-order valence-corrected chi connectivity index (χ4v) is 2.82. The number of hydrogen-bond donors (Lipinski definition) is 1.